The summed E-state index contributed by atoms with van der Waals surface area (Å²) >= 11 is 0. The molecule has 116 valence electrons. The maximum Gasteiger partial charge on any atom is 0.253 e. The summed E-state index contributed by atoms with van der Waals surface area (Å²) in [7, 11) is 1.69. The van der Waals surface area contributed by atoms with Gasteiger partial charge in [-0.15, -0.1) is 0 Å². The fraction of sp³-hybridized carbons (Fsp3) is 0.562. The lowest BCUT2D eigenvalue weighted by Crippen LogP contribution is -2.34. The molecule has 0 saturated heterocycles. The first-order chi connectivity index (χ1) is 10.2. The number of carbonyl (C=O) groups excluding carboxylic acids is 1. The lowest BCUT2D eigenvalue weighted by molar-refractivity contribution is 0.0915. The van der Waals surface area contributed by atoms with Crippen LogP contribution in [0, 0.1) is 5.82 Å². The Morgan fingerprint density at radius 1 is 1.43 bits per heavy atom. The van der Waals surface area contributed by atoms with Crippen molar-refractivity contribution in [2.45, 2.75) is 44.8 Å². The van der Waals surface area contributed by atoms with Gasteiger partial charge in [0.15, 0.2) is 0 Å². The molecule has 0 heterocycles. The first-order valence-electron chi connectivity index (χ1n) is 7.51. The van der Waals surface area contributed by atoms with E-state index in [1.807, 2.05) is 6.92 Å². The molecule has 2 rings (SSSR count). The summed E-state index contributed by atoms with van der Waals surface area (Å²) in [5, 5.41) is 5.97. The molecule has 0 aromatic heterocycles. The minimum Gasteiger partial charge on any atom is -0.382 e. The van der Waals surface area contributed by atoms with Gasteiger partial charge in [0.1, 0.15) is 5.82 Å². The Balaban J connectivity index is 2.06. The monoisotopic (exact) mass is 294 g/mol. The summed E-state index contributed by atoms with van der Waals surface area (Å²) in [6.45, 7) is 2.63. The third-order valence-electron chi connectivity index (χ3n) is 3.86. The minimum absolute atomic E-state index is 0.102. The number of methoxy groups -OCH3 is 1. The number of halogens is 1. The van der Waals surface area contributed by atoms with Crippen molar-refractivity contribution < 1.29 is 13.9 Å². The first kappa shape index (κ1) is 15.8. The van der Waals surface area contributed by atoms with Gasteiger partial charge in [-0.2, -0.15) is 0 Å². The Morgan fingerprint density at radius 2 is 2.24 bits per heavy atom. The van der Waals surface area contributed by atoms with Crippen LogP contribution >= 0.6 is 0 Å². The largest absolute Gasteiger partial charge is 0.382 e. The van der Waals surface area contributed by atoms with Gasteiger partial charge in [0, 0.05) is 19.7 Å². The minimum atomic E-state index is -0.391. The highest BCUT2D eigenvalue weighted by atomic mass is 19.1. The SMILES string of the molecule is CCCNc1c(F)cccc1C(=O)NC1CCC(OC)C1. The number of hydrogen-bond donors (Lipinski definition) is 2. The highest BCUT2D eigenvalue weighted by molar-refractivity contribution is 5.99. The summed E-state index contributed by atoms with van der Waals surface area (Å²) in [6, 6.07) is 4.68. The van der Waals surface area contributed by atoms with Crippen LogP contribution in [0.2, 0.25) is 0 Å². The van der Waals surface area contributed by atoms with Crippen molar-refractivity contribution in [1.29, 1.82) is 0 Å². The number of rotatable bonds is 6. The number of nitrogens with one attached hydrogen (secondary N) is 2. The molecular formula is C16H23FN2O2. The van der Waals surface area contributed by atoms with E-state index in [2.05, 4.69) is 10.6 Å². The van der Waals surface area contributed by atoms with Crippen LogP contribution < -0.4 is 10.6 Å². The molecule has 2 N–H and O–H groups in total. The van der Waals surface area contributed by atoms with Gasteiger partial charge in [0.05, 0.1) is 17.4 Å². The fourth-order valence-corrected chi connectivity index (χ4v) is 2.69. The average Bonchev–Trinajstić information content (AvgIpc) is 2.93. The molecule has 1 aliphatic carbocycles. The van der Waals surface area contributed by atoms with Crippen molar-refractivity contribution in [3.8, 4) is 0 Å². The molecule has 0 aliphatic heterocycles. The van der Waals surface area contributed by atoms with Crippen molar-refractivity contribution in [3.63, 3.8) is 0 Å². The van der Waals surface area contributed by atoms with Gasteiger partial charge >= 0.3 is 0 Å². The summed E-state index contributed by atoms with van der Waals surface area (Å²) in [5.41, 5.74) is 0.655. The van der Waals surface area contributed by atoms with Crippen molar-refractivity contribution >= 4 is 11.6 Å². The van der Waals surface area contributed by atoms with E-state index < -0.39 is 5.82 Å². The topological polar surface area (TPSA) is 50.4 Å². The van der Waals surface area contributed by atoms with Gasteiger partial charge in [0.2, 0.25) is 0 Å². The van der Waals surface area contributed by atoms with Crippen LogP contribution in [0.15, 0.2) is 18.2 Å². The van der Waals surface area contributed by atoms with Crippen LogP contribution in [-0.4, -0.2) is 31.7 Å². The van der Waals surface area contributed by atoms with E-state index in [0.29, 0.717) is 12.1 Å². The molecular weight excluding hydrogens is 271 g/mol. The van der Waals surface area contributed by atoms with Gasteiger partial charge in [-0.25, -0.2) is 4.39 Å². The van der Waals surface area contributed by atoms with E-state index in [4.69, 9.17) is 4.74 Å². The Hall–Kier alpha value is -1.62. The Morgan fingerprint density at radius 3 is 2.90 bits per heavy atom. The zero-order chi connectivity index (χ0) is 15.2. The van der Waals surface area contributed by atoms with Gasteiger partial charge in [-0.1, -0.05) is 13.0 Å². The zero-order valence-corrected chi connectivity index (χ0v) is 12.6. The number of amides is 1. The molecule has 2 atom stereocenters. The smallest absolute Gasteiger partial charge is 0.253 e. The van der Waals surface area contributed by atoms with Gasteiger partial charge in [-0.05, 0) is 37.8 Å². The third kappa shape index (κ3) is 3.94. The van der Waals surface area contributed by atoms with Gasteiger partial charge < -0.3 is 15.4 Å². The number of para-hydroxylation sites is 1. The zero-order valence-electron chi connectivity index (χ0n) is 12.6. The van der Waals surface area contributed by atoms with E-state index in [-0.39, 0.29) is 23.7 Å². The number of benzene rings is 1. The maximum atomic E-state index is 13.9. The van der Waals surface area contributed by atoms with E-state index in [0.717, 1.165) is 25.7 Å². The number of carbonyl (C=O) groups is 1. The van der Waals surface area contributed by atoms with Crippen LogP contribution in [0.3, 0.4) is 0 Å². The molecule has 5 heteroatoms. The lowest BCUT2D eigenvalue weighted by atomic mass is 10.1. The van der Waals surface area contributed by atoms with Crippen molar-refractivity contribution in [2.75, 3.05) is 19.0 Å². The molecule has 2 unspecified atom stereocenters. The summed E-state index contributed by atoms with van der Waals surface area (Å²) < 4.78 is 19.2. The maximum absolute atomic E-state index is 13.9. The normalized spacial score (nSPS) is 21.3. The highest BCUT2D eigenvalue weighted by Crippen LogP contribution is 2.24. The van der Waals surface area contributed by atoms with Crippen LogP contribution in [0.4, 0.5) is 10.1 Å². The molecule has 1 fully saturated rings. The highest BCUT2D eigenvalue weighted by Gasteiger charge is 2.26. The second-order valence-electron chi connectivity index (χ2n) is 5.43. The summed E-state index contributed by atoms with van der Waals surface area (Å²) in [4.78, 5) is 12.4. The first-order valence-corrected chi connectivity index (χ1v) is 7.51. The number of hydrogen-bond acceptors (Lipinski definition) is 3. The molecule has 4 nitrogen and oxygen atoms in total. The molecule has 1 saturated carbocycles. The molecule has 1 aliphatic rings. The van der Waals surface area contributed by atoms with Crippen LogP contribution in [0.1, 0.15) is 43.0 Å². The Labute approximate surface area is 125 Å². The van der Waals surface area contributed by atoms with Crippen LogP contribution in [0.5, 0.6) is 0 Å². The van der Waals surface area contributed by atoms with E-state index in [1.54, 1.807) is 19.2 Å². The van der Waals surface area contributed by atoms with E-state index in [1.165, 1.54) is 6.07 Å². The predicted molar refractivity (Wildman–Crippen MR) is 81.1 cm³/mol. The third-order valence-corrected chi connectivity index (χ3v) is 3.86. The molecule has 21 heavy (non-hydrogen) atoms. The van der Waals surface area contributed by atoms with Crippen LogP contribution in [0.25, 0.3) is 0 Å². The molecule has 1 aromatic carbocycles. The van der Waals surface area contributed by atoms with E-state index in [9.17, 15) is 9.18 Å². The predicted octanol–water partition coefficient (Wildman–Crippen LogP) is 2.94. The lowest BCUT2D eigenvalue weighted by Gasteiger charge is -2.16. The molecule has 0 bridgehead atoms. The summed E-state index contributed by atoms with van der Waals surface area (Å²) in [6.07, 6.45) is 3.74. The Bertz CT molecular complexity index is 493. The number of ether oxygens (including phenoxy) is 1. The average molecular weight is 294 g/mol. The van der Waals surface area contributed by atoms with Crippen molar-refractivity contribution in [1.82, 2.24) is 5.32 Å². The molecule has 1 amide bonds. The summed E-state index contributed by atoms with van der Waals surface area (Å²) in [5.74, 6) is -0.618. The second kappa shape index (κ2) is 7.41. The van der Waals surface area contributed by atoms with Gasteiger partial charge in [-0.3, -0.25) is 4.79 Å². The van der Waals surface area contributed by atoms with Crippen LogP contribution in [-0.2, 0) is 4.74 Å². The Kier molecular flexibility index (Phi) is 5.56. The van der Waals surface area contributed by atoms with Gasteiger partial charge in [0.25, 0.3) is 5.91 Å². The molecule has 1 aromatic rings. The molecule has 0 radical (unpaired) electrons. The van der Waals surface area contributed by atoms with E-state index >= 15 is 0 Å². The standard InChI is InChI=1S/C16H23FN2O2/c1-3-9-18-15-13(5-4-6-14(15)17)16(20)19-11-7-8-12(10-11)21-2/h4-6,11-12,18H,3,7-10H2,1-2H3,(H,19,20). The number of anilines is 1. The van der Waals surface area contributed by atoms with Crippen molar-refractivity contribution in [3.05, 3.63) is 29.6 Å². The second-order valence-corrected chi connectivity index (χ2v) is 5.43. The molecule has 0 spiro atoms. The fourth-order valence-electron chi connectivity index (χ4n) is 2.69. The quantitative estimate of drug-likeness (QED) is 0.848. The van der Waals surface area contributed by atoms with Crippen molar-refractivity contribution in [2.24, 2.45) is 0 Å².